The van der Waals surface area contributed by atoms with Crippen molar-refractivity contribution < 1.29 is 4.79 Å². The van der Waals surface area contributed by atoms with E-state index in [0.29, 0.717) is 17.7 Å². The molecule has 2 heteroatoms. The lowest BCUT2D eigenvalue weighted by molar-refractivity contribution is -0.121. The van der Waals surface area contributed by atoms with Crippen molar-refractivity contribution in [3.05, 3.63) is 0 Å². The van der Waals surface area contributed by atoms with Crippen LogP contribution in [0.5, 0.6) is 0 Å². The van der Waals surface area contributed by atoms with Gasteiger partial charge in [-0.05, 0) is 46.7 Å². The van der Waals surface area contributed by atoms with E-state index in [-0.39, 0.29) is 0 Å². The van der Waals surface area contributed by atoms with Crippen molar-refractivity contribution in [1.82, 2.24) is 4.90 Å². The number of nitrogens with zero attached hydrogens (tertiary/aromatic N) is 1. The van der Waals surface area contributed by atoms with Crippen LogP contribution in [0.15, 0.2) is 0 Å². The van der Waals surface area contributed by atoms with Crippen molar-refractivity contribution in [2.45, 2.75) is 38.6 Å². The topological polar surface area (TPSA) is 20.3 Å². The third-order valence-electron chi connectivity index (χ3n) is 3.00. The fourth-order valence-corrected chi connectivity index (χ4v) is 2.00. The Hall–Kier alpha value is -0.370. The van der Waals surface area contributed by atoms with Gasteiger partial charge in [-0.25, -0.2) is 0 Å². The Kier molecular flexibility index (Phi) is 3.27. The molecular formula is C10H19NO. The van der Waals surface area contributed by atoms with E-state index in [2.05, 4.69) is 19.0 Å². The second-order valence-corrected chi connectivity index (χ2v) is 4.08. The summed E-state index contributed by atoms with van der Waals surface area (Å²) in [5.74, 6) is 0.744. The molecule has 0 bridgehead atoms. The zero-order valence-corrected chi connectivity index (χ0v) is 8.34. The van der Waals surface area contributed by atoms with Crippen molar-refractivity contribution in [3.8, 4) is 0 Å². The first-order valence-electron chi connectivity index (χ1n) is 4.78. The van der Waals surface area contributed by atoms with E-state index in [1.165, 1.54) is 12.8 Å². The number of carbonyl (C=O) groups excluding carboxylic acids is 1. The van der Waals surface area contributed by atoms with E-state index in [0.717, 1.165) is 12.8 Å². The third kappa shape index (κ3) is 2.31. The Bertz CT molecular complexity index is 157. The average Bonchev–Trinajstić information content (AvgIpc) is 2.04. The van der Waals surface area contributed by atoms with Crippen molar-refractivity contribution in [1.29, 1.82) is 0 Å². The molecule has 0 heterocycles. The summed E-state index contributed by atoms with van der Waals surface area (Å²) in [6.45, 7) is 1.72. The number of ketones is 1. The van der Waals surface area contributed by atoms with Crippen LogP contribution in [0.3, 0.4) is 0 Å². The van der Waals surface area contributed by atoms with Crippen molar-refractivity contribution >= 4 is 5.78 Å². The molecule has 0 aromatic rings. The quantitative estimate of drug-likeness (QED) is 0.627. The highest BCUT2D eigenvalue weighted by atomic mass is 16.1. The molecule has 2 nitrogen and oxygen atoms in total. The molecule has 0 N–H and O–H groups in total. The van der Waals surface area contributed by atoms with Gasteiger partial charge in [0.1, 0.15) is 5.78 Å². The molecule has 1 rings (SSSR count). The van der Waals surface area contributed by atoms with Crippen LogP contribution < -0.4 is 0 Å². The summed E-state index contributed by atoms with van der Waals surface area (Å²) in [6.07, 6.45) is 4.57. The van der Waals surface area contributed by atoms with Gasteiger partial charge >= 0.3 is 0 Å². The fraction of sp³-hybridized carbons (Fsp3) is 0.900. The molecule has 0 atom stereocenters. The van der Waals surface area contributed by atoms with E-state index >= 15 is 0 Å². The maximum Gasteiger partial charge on any atom is 0.132 e. The first kappa shape index (κ1) is 9.72. The van der Waals surface area contributed by atoms with Gasteiger partial charge in [0.25, 0.3) is 0 Å². The number of carbonyl (C=O) groups is 1. The molecule has 0 aromatic carbocycles. The number of hydrogen-bond donors (Lipinski definition) is 0. The second-order valence-electron chi connectivity index (χ2n) is 4.08. The van der Waals surface area contributed by atoms with E-state index in [9.17, 15) is 4.79 Å². The van der Waals surface area contributed by atoms with Gasteiger partial charge in [0.05, 0.1) is 0 Å². The highest BCUT2D eigenvalue weighted by molar-refractivity contribution is 5.78. The molecule has 0 aliphatic heterocycles. The van der Waals surface area contributed by atoms with Gasteiger partial charge in [-0.15, -0.1) is 0 Å². The molecule has 1 saturated carbocycles. The highest BCUT2D eigenvalue weighted by Crippen LogP contribution is 2.26. The molecule has 0 radical (unpaired) electrons. The Morgan fingerprint density at radius 3 is 2.00 bits per heavy atom. The van der Waals surface area contributed by atoms with Gasteiger partial charge in [-0.3, -0.25) is 4.79 Å². The molecule has 1 aliphatic rings. The fourth-order valence-electron chi connectivity index (χ4n) is 2.00. The van der Waals surface area contributed by atoms with E-state index in [1.54, 1.807) is 6.92 Å². The number of Topliss-reactive ketones (excluding diaryl/α,β-unsaturated/α-hetero) is 1. The van der Waals surface area contributed by atoms with Crippen LogP contribution in [0.4, 0.5) is 0 Å². The normalized spacial score (nSPS) is 30.7. The standard InChI is InChI=1S/C10H19NO/c1-8(12)9-4-6-10(7-5-9)11(2)3/h9-10H,4-7H2,1-3H3. The summed E-state index contributed by atoms with van der Waals surface area (Å²) in [4.78, 5) is 13.3. The van der Waals surface area contributed by atoms with Crippen LogP contribution in [0.2, 0.25) is 0 Å². The lowest BCUT2D eigenvalue weighted by atomic mass is 9.83. The van der Waals surface area contributed by atoms with Gasteiger partial charge in [0.15, 0.2) is 0 Å². The molecule has 0 amide bonds. The molecule has 12 heavy (non-hydrogen) atoms. The minimum atomic E-state index is 0.362. The first-order chi connectivity index (χ1) is 5.61. The smallest absolute Gasteiger partial charge is 0.132 e. The van der Waals surface area contributed by atoms with Crippen molar-refractivity contribution in [2.24, 2.45) is 5.92 Å². The van der Waals surface area contributed by atoms with E-state index in [1.807, 2.05) is 0 Å². The predicted molar refractivity (Wildman–Crippen MR) is 50.1 cm³/mol. The average molecular weight is 169 g/mol. The van der Waals surface area contributed by atoms with Gasteiger partial charge < -0.3 is 4.90 Å². The van der Waals surface area contributed by atoms with Crippen LogP contribution in [0, 0.1) is 5.92 Å². The monoisotopic (exact) mass is 169 g/mol. The number of rotatable bonds is 2. The van der Waals surface area contributed by atoms with Gasteiger partial charge in [0, 0.05) is 12.0 Å². The lowest BCUT2D eigenvalue weighted by Gasteiger charge is -2.31. The molecule has 0 aromatic heterocycles. The SMILES string of the molecule is CC(=O)C1CCC(N(C)C)CC1. The summed E-state index contributed by atoms with van der Waals surface area (Å²) in [7, 11) is 4.25. The maximum absolute atomic E-state index is 11.1. The molecule has 70 valence electrons. The summed E-state index contributed by atoms with van der Waals surface area (Å²) >= 11 is 0. The Balaban J connectivity index is 2.34. The lowest BCUT2D eigenvalue weighted by Crippen LogP contribution is -2.33. The molecule has 0 spiro atoms. The van der Waals surface area contributed by atoms with Gasteiger partial charge in [0.2, 0.25) is 0 Å². The molecular weight excluding hydrogens is 150 g/mol. The molecule has 1 aliphatic carbocycles. The maximum atomic E-state index is 11.1. The predicted octanol–water partition coefficient (Wildman–Crippen LogP) is 1.70. The van der Waals surface area contributed by atoms with Crippen LogP contribution in [0.25, 0.3) is 0 Å². The highest BCUT2D eigenvalue weighted by Gasteiger charge is 2.24. The van der Waals surface area contributed by atoms with Crippen LogP contribution in [0.1, 0.15) is 32.6 Å². The second kappa shape index (κ2) is 4.04. The minimum absolute atomic E-state index is 0.362. The van der Waals surface area contributed by atoms with Gasteiger partial charge in [-0.2, -0.15) is 0 Å². The van der Waals surface area contributed by atoms with E-state index < -0.39 is 0 Å². The van der Waals surface area contributed by atoms with Crippen LogP contribution >= 0.6 is 0 Å². The van der Waals surface area contributed by atoms with Crippen LogP contribution in [-0.4, -0.2) is 30.8 Å². The Labute approximate surface area is 74.9 Å². The van der Waals surface area contributed by atoms with Crippen molar-refractivity contribution in [3.63, 3.8) is 0 Å². The summed E-state index contributed by atoms with van der Waals surface area (Å²) < 4.78 is 0. The van der Waals surface area contributed by atoms with Crippen LogP contribution in [-0.2, 0) is 4.79 Å². The number of hydrogen-bond acceptors (Lipinski definition) is 2. The molecule has 0 unspecified atom stereocenters. The first-order valence-corrected chi connectivity index (χ1v) is 4.78. The zero-order valence-electron chi connectivity index (χ0n) is 8.34. The molecule has 0 saturated heterocycles. The summed E-state index contributed by atoms with van der Waals surface area (Å²) in [5.41, 5.74) is 0. The Morgan fingerprint density at radius 2 is 1.67 bits per heavy atom. The minimum Gasteiger partial charge on any atom is -0.306 e. The van der Waals surface area contributed by atoms with Crippen molar-refractivity contribution in [2.75, 3.05) is 14.1 Å². The van der Waals surface area contributed by atoms with Gasteiger partial charge in [-0.1, -0.05) is 0 Å². The zero-order chi connectivity index (χ0) is 9.14. The molecule has 1 fully saturated rings. The Morgan fingerprint density at radius 1 is 1.17 bits per heavy atom. The van der Waals surface area contributed by atoms with E-state index in [4.69, 9.17) is 0 Å². The summed E-state index contributed by atoms with van der Waals surface area (Å²) in [5, 5.41) is 0. The third-order valence-corrected chi connectivity index (χ3v) is 3.00. The summed E-state index contributed by atoms with van der Waals surface area (Å²) in [6, 6.07) is 0.709. The largest absolute Gasteiger partial charge is 0.306 e.